The lowest BCUT2D eigenvalue weighted by Gasteiger charge is -2.16. The summed E-state index contributed by atoms with van der Waals surface area (Å²) in [5.41, 5.74) is 1.52. The minimum absolute atomic E-state index is 0.352. The van der Waals surface area contributed by atoms with Crippen LogP contribution in [0.2, 0.25) is 10.2 Å². The third kappa shape index (κ3) is 3.96. The Morgan fingerprint density at radius 3 is 2.89 bits per heavy atom. The smallest absolute Gasteiger partial charge is 0.229 e. The van der Waals surface area contributed by atoms with Gasteiger partial charge in [-0.2, -0.15) is 10.1 Å². The molecule has 7 nitrogen and oxygen atoms in total. The molecule has 4 rings (SSSR count). The average Bonchev–Trinajstić information content (AvgIpc) is 3.10. The van der Waals surface area contributed by atoms with Crippen LogP contribution in [0.5, 0.6) is 0 Å². The van der Waals surface area contributed by atoms with Crippen LogP contribution in [-0.4, -0.2) is 48.0 Å². The average molecular weight is 440 g/mol. The third-order valence-electron chi connectivity index (χ3n) is 5.13. The number of rotatable bonds is 5. The van der Waals surface area contributed by atoms with Gasteiger partial charge in [-0.1, -0.05) is 35.1 Å². The van der Waals surface area contributed by atoms with Crippen molar-refractivity contribution in [3.8, 4) is 0 Å². The Labute approximate surface area is 178 Å². The van der Waals surface area contributed by atoms with Crippen LogP contribution in [0.1, 0.15) is 32.2 Å². The summed E-state index contributed by atoms with van der Waals surface area (Å²) in [6.07, 6.45) is 11.0. The maximum Gasteiger partial charge on any atom is 0.229 e. The van der Waals surface area contributed by atoms with Crippen molar-refractivity contribution in [2.75, 3.05) is 24.7 Å². The Kier molecular flexibility index (Phi) is 6.01. The standard InChI is InChI=1S/C18H23Cl2N7S/c1-3-25-10-14(19)13-9-21-18(23-17(13)25)22-15-11-27(24-16(15)20)12-5-4-7-26(28-2)8-6-12/h9-12H,3-8H2,1-2H3,(H,21,22,23). The summed E-state index contributed by atoms with van der Waals surface area (Å²) in [5.74, 6) is 0.479. The maximum atomic E-state index is 6.40. The predicted molar refractivity (Wildman–Crippen MR) is 117 cm³/mol. The van der Waals surface area contributed by atoms with Crippen molar-refractivity contribution in [2.45, 2.75) is 38.8 Å². The van der Waals surface area contributed by atoms with Crippen LogP contribution in [0, 0.1) is 0 Å². The molecule has 1 saturated heterocycles. The number of nitrogens with zero attached hydrogens (tertiary/aromatic N) is 6. The Hall–Kier alpha value is -1.48. The second-order valence-electron chi connectivity index (χ2n) is 6.83. The van der Waals surface area contributed by atoms with Crippen LogP contribution in [0.3, 0.4) is 0 Å². The van der Waals surface area contributed by atoms with Crippen LogP contribution in [0.15, 0.2) is 18.6 Å². The highest BCUT2D eigenvalue weighted by Gasteiger charge is 2.20. The Morgan fingerprint density at radius 1 is 1.25 bits per heavy atom. The Bertz CT molecular complexity index is 970. The number of aryl methyl sites for hydroxylation is 1. The van der Waals surface area contributed by atoms with Gasteiger partial charge in [-0.05, 0) is 32.4 Å². The third-order valence-corrected chi connectivity index (χ3v) is 6.59. The summed E-state index contributed by atoms with van der Waals surface area (Å²) < 4.78 is 6.39. The second-order valence-corrected chi connectivity index (χ2v) is 8.48. The molecule has 1 fully saturated rings. The first-order chi connectivity index (χ1) is 13.6. The largest absolute Gasteiger partial charge is 0.331 e. The number of hydrogen-bond acceptors (Lipinski definition) is 6. The number of fused-ring (bicyclic) bond motifs is 1. The molecule has 0 saturated carbocycles. The monoisotopic (exact) mass is 439 g/mol. The van der Waals surface area contributed by atoms with Crippen LogP contribution < -0.4 is 5.32 Å². The van der Waals surface area contributed by atoms with Crippen LogP contribution in [0.25, 0.3) is 11.0 Å². The number of nitrogens with one attached hydrogen (secondary N) is 1. The SMILES string of the molecule is CCn1cc(Cl)c2cnc(Nc3cn(C4CCCN(SC)CC4)nc3Cl)nc21. The topological polar surface area (TPSA) is 63.8 Å². The van der Waals surface area contributed by atoms with Crippen molar-refractivity contribution in [3.05, 3.63) is 28.8 Å². The second kappa shape index (κ2) is 8.49. The van der Waals surface area contributed by atoms with E-state index in [1.807, 2.05) is 33.6 Å². The van der Waals surface area contributed by atoms with Crippen molar-refractivity contribution in [1.82, 2.24) is 28.6 Å². The van der Waals surface area contributed by atoms with E-state index < -0.39 is 0 Å². The molecule has 150 valence electrons. The number of aromatic nitrogens is 5. The van der Waals surface area contributed by atoms with Crippen molar-refractivity contribution >= 4 is 57.8 Å². The first-order valence-corrected chi connectivity index (χ1v) is 11.3. The molecule has 3 aromatic heterocycles. The minimum atomic E-state index is 0.352. The zero-order valence-corrected chi connectivity index (χ0v) is 18.2. The lowest BCUT2D eigenvalue weighted by Crippen LogP contribution is -2.16. The highest BCUT2D eigenvalue weighted by molar-refractivity contribution is 7.96. The maximum absolute atomic E-state index is 6.40. The molecule has 28 heavy (non-hydrogen) atoms. The van der Waals surface area contributed by atoms with Crippen LogP contribution in [-0.2, 0) is 6.54 Å². The van der Waals surface area contributed by atoms with Gasteiger partial charge in [-0.3, -0.25) is 8.99 Å². The van der Waals surface area contributed by atoms with Crippen LogP contribution >= 0.6 is 35.1 Å². The highest BCUT2D eigenvalue weighted by Crippen LogP contribution is 2.30. The van der Waals surface area contributed by atoms with E-state index in [4.69, 9.17) is 23.2 Å². The van der Waals surface area contributed by atoms with Gasteiger partial charge in [0, 0.05) is 32.0 Å². The Balaban J connectivity index is 1.55. The van der Waals surface area contributed by atoms with E-state index in [0.29, 0.717) is 27.9 Å². The lowest BCUT2D eigenvalue weighted by molar-refractivity contribution is 0.405. The summed E-state index contributed by atoms with van der Waals surface area (Å²) in [6.45, 7) is 5.01. The molecule has 1 unspecified atom stereocenters. The fourth-order valence-electron chi connectivity index (χ4n) is 3.59. The van der Waals surface area contributed by atoms with E-state index in [1.54, 1.807) is 6.20 Å². The first-order valence-electron chi connectivity index (χ1n) is 9.41. The zero-order chi connectivity index (χ0) is 19.7. The normalized spacial score (nSPS) is 18.5. The van der Waals surface area contributed by atoms with E-state index in [1.165, 1.54) is 0 Å². The Morgan fingerprint density at radius 2 is 2.11 bits per heavy atom. The molecule has 0 amide bonds. The minimum Gasteiger partial charge on any atom is -0.331 e. The summed E-state index contributed by atoms with van der Waals surface area (Å²) in [5, 5.41) is 9.67. The van der Waals surface area contributed by atoms with Gasteiger partial charge in [0.15, 0.2) is 5.15 Å². The predicted octanol–water partition coefficient (Wildman–Crippen LogP) is 5.00. The summed E-state index contributed by atoms with van der Waals surface area (Å²) in [6, 6.07) is 0.352. The summed E-state index contributed by atoms with van der Waals surface area (Å²) in [4.78, 5) is 9.00. The molecule has 0 radical (unpaired) electrons. The van der Waals surface area contributed by atoms with E-state index in [-0.39, 0.29) is 0 Å². The lowest BCUT2D eigenvalue weighted by atomic mass is 10.1. The molecular formula is C18H23Cl2N7S. The van der Waals surface area contributed by atoms with E-state index in [0.717, 1.165) is 49.9 Å². The van der Waals surface area contributed by atoms with Crippen molar-refractivity contribution in [1.29, 1.82) is 0 Å². The molecule has 10 heteroatoms. The summed E-state index contributed by atoms with van der Waals surface area (Å²) >= 11 is 14.5. The van der Waals surface area contributed by atoms with Crippen molar-refractivity contribution < 1.29 is 0 Å². The van der Waals surface area contributed by atoms with Gasteiger partial charge in [-0.15, -0.1) is 0 Å². The molecule has 1 aliphatic rings. The molecular weight excluding hydrogens is 417 g/mol. The molecule has 3 aromatic rings. The van der Waals surface area contributed by atoms with Crippen LogP contribution in [0.4, 0.5) is 11.6 Å². The molecule has 0 aliphatic carbocycles. The van der Waals surface area contributed by atoms with E-state index in [9.17, 15) is 0 Å². The molecule has 0 bridgehead atoms. The van der Waals surface area contributed by atoms with Crippen molar-refractivity contribution in [2.24, 2.45) is 0 Å². The fourth-order valence-corrected chi connectivity index (χ4v) is 4.62. The quantitative estimate of drug-likeness (QED) is 0.564. The number of halogens is 2. The molecule has 0 spiro atoms. The summed E-state index contributed by atoms with van der Waals surface area (Å²) in [7, 11) is 0. The molecule has 1 atom stereocenters. The van der Waals surface area contributed by atoms with Crippen molar-refractivity contribution in [3.63, 3.8) is 0 Å². The van der Waals surface area contributed by atoms with Gasteiger partial charge >= 0.3 is 0 Å². The van der Waals surface area contributed by atoms with E-state index in [2.05, 4.69) is 37.9 Å². The van der Waals surface area contributed by atoms with Gasteiger partial charge in [0.2, 0.25) is 5.95 Å². The zero-order valence-electron chi connectivity index (χ0n) is 15.9. The number of hydrogen-bond donors (Lipinski definition) is 1. The molecule has 0 aromatic carbocycles. The molecule has 1 N–H and O–H groups in total. The van der Waals surface area contributed by atoms with Gasteiger partial charge < -0.3 is 9.88 Å². The first kappa shape index (κ1) is 19.8. The fraction of sp³-hybridized carbons (Fsp3) is 0.500. The van der Waals surface area contributed by atoms with Gasteiger partial charge in [-0.25, -0.2) is 4.98 Å². The molecule has 1 aliphatic heterocycles. The van der Waals surface area contributed by atoms with E-state index >= 15 is 0 Å². The van der Waals surface area contributed by atoms with Gasteiger partial charge in [0.05, 0.1) is 28.3 Å². The molecule has 4 heterocycles. The van der Waals surface area contributed by atoms with Gasteiger partial charge in [0.25, 0.3) is 0 Å². The highest BCUT2D eigenvalue weighted by atomic mass is 35.5. The number of anilines is 2. The van der Waals surface area contributed by atoms with Gasteiger partial charge in [0.1, 0.15) is 5.65 Å².